The van der Waals surface area contributed by atoms with Crippen molar-refractivity contribution in [2.75, 3.05) is 35.5 Å². The quantitative estimate of drug-likeness (QED) is 0.146. The number of hydrogen-bond donors (Lipinski definition) is 0. The van der Waals surface area contributed by atoms with Gasteiger partial charge in [-0.15, -0.1) is 0 Å². The van der Waals surface area contributed by atoms with E-state index in [1.54, 1.807) is 59.8 Å². The van der Waals surface area contributed by atoms with Crippen molar-refractivity contribution in [3.05, 3.63) is 107 Å². The summed E-state index contributed by atoms with van der Waals surface area (Å²) in [5.74, 6) is 3.21. The molecule has 7 nitrogen and oxygen atoms in total. The van der Waals surface area contributed by atoms with Crippen LogP contribution in [-0.4, -0.2) is 41.3 Å². The molecule has 206 valence electrons. The van der Waals surface area contributed by atoms with Gasteiger partial charge in [-0.05, 0) is 59.2 Å². The van der Waals surface area contributed by atoms with Crippen molar-refractivity contribution in [2.24, 2.45) is 0 Å². The van der Waals surface area contributed by atoms with Gasteiger partial charge >= 0.3 is 0 Å². The molecule has 0 atom stereocenters. The number of carbonyl (C=O) groups excluding carboxylic acids is 1. The molecule has 40 heavy (non-hydrogen) atoms. The third-order valence-corrected chi connectivity index (χ3v) is 6.31. The number of ether oxygens (including phenoxy) is 6. The number of carbonyl (C=O) groups is 1. The average Bonchev–Trinajstić information content (AvgIpc) is 3.02. The first-order valence-electron chi connectivity index (χ1n) is 12.6. The molecule has 0 radical (unpaired) electrons. The van der Waals surface area contributed by atoms with Crippen LogP contribution in [0.3, 0.4) is 0 Å². The molecule has 0 fully saturated rings. The van der Waals surface area contributed by atoms with Gasteiger partial charge < -0.3 is 28.4 Å². The Hall–Kier alpha value is -4.91. The zero-order chi connectivity index (χ0) is 28.5. The summed E-state index contributed by atoms with van der Waals surface area (Å²) in [5.41, 5.74) is 3.27. The van der Waals surface area contributed by atoms with Gasteiger partial charge in [0.25, 0.3) is 0 Å². The second-order valence-electron chi connectivity index (χ2n) is 8.76. The van der Waals surface area contributed by atoms with Crippen LogP contribution >= 0.6 is 0 Å². The Morgan fingerprint density at radius 2 is 1.12 bits per heavy atom. The minimum Gasteiger partial charge on any atom is -0.497 e. The van der Waals surface area contributed by atoms with Gasteiger partial charge in [0.15, 0.2) is 5.78 Å². The lowest BCUT2D eigenvalue weighted by Gasteiger charge is -2.17. The maximum atomic E-state index is 14.1. The second-order valence-corrected chi connectivity index (χ2v) is 8.76. The molecular weight excluding hydrogens is 508 g/mol. The fraction of sp³-hybridized carbons (Fsp3) is 0.182. The van der Waals surface area contributed by atoms with Crippen LogP contribution < -0.4 is 28.4 Å². The molecule has 0 heterocycles. The van der Waals surface area contributed by atoms with E-state index < -0.39 is 0 Å². The monoisotopic (exact) mass is 540 g/mol. The van der Waals surface area contributed by atoms with Gasteiger partial charge in [-0.2, -0.15) is 0 Å². The molecule has 0 N–H and O–H groups in total. The van der Waals surface area contributed by atoms with Crippen LogP contribution in [0.5, 0.6) is 34.5 Å². The summed E-state index contributed by atoms with van der Waals surface area (Å²) >= 11 is 0. The van der Waals surface area contributed by atoms with Gasteiger partial charge in [-0.1, -0.05) is 36.4 Å². The lowest BCUT2D eigenvalue weighted by Crippen LogP contribution is -2.09. The summed E-state index contributed by atoms with van der Waals surface area (Å²) in [7, 11) is 7.91. The summed E-state index contributed by atoms with van der Waals surface area (Å²) in [4.78, 5) is 14.1. The third-order valence-electron chi connectivity index (χ3n) is 6.31. The number of ketones is 1. The molecule has 0 amide bonds. The zero-order valence-electron chi connectivity index (χ0n) is 23.2. The Morgan fingerprint density at radius 3 is 1.68 bits per heavy atom. The molecule has 4 rings (SSSR count). The molecule has 4 aromatic rings. The minimum atomic E-state index is -0.251. The molecule has 7 heteroatoms. The van der Waals surface area contributed by atoms with Crippen LogP contribution in [0, 0.1) is 0 Å². The predicted octanol–water partition coefficient (Wildman–Crippen LogP) is 6.71. The minimum absolute atomic E-state index is 0.237. The maximum Gasteiger partial charge on any atom is 0.197 e. The Kier molecular flexibility index (Phi) is 9.31. The molecule has 0 aliphatic rings. The molecule has 0 saturated heterocycles. The van der Waals surface area contributed by atoms with Gasteiger partial charge in [0.1, 0.15) is 41.1 Å². The van der Waals surface area contributed by atoms with Crippen molar-refractivity contribution in [1.82, 2.24) is 0 Å². The van der Waals surface area contributed by atoms with Crippen LogP contribution in [0.2, 0.25) is 0 Å². The first-order chi connectivity index (χ1) is 19.5. The van der Waals surface area contributed by atoms with E-state index in [2.05, 4.69) is 0 Å². The van der Waals surface area contributed by atoms with Crippen molar-refractivity contribution in [3.8, 4) is 34.5 Å². The maximum absolute atomic E-state index is 14.1. The Balaban J connectivity index is 1.80. The molecule has 0 aliphatic heterocycles. The van der Waals surface area contributed by atoms with Crippen LogP contribution in [-0.2, 0) is 6.61 Å². The highest BCUT2D eigenvalue weighted by atomic mass is 16.5. The van der Waals surface area contributed by atoms with Crippen molar-refractivity contribution < 1.29 is 33.2 Å². The fourth-order valence-corrected chi connectivity index (χ4v) is 4.08. The Morgan fingerprint density at radius 1 is 0.600 bits per heavy atom. The number of hydrogen-bond acceptors (Lipinski definition) is 7. The van der Waals surface area contributed by atoms with E-state index >= 15 is 0 Å². The molecule has 4 aromatic carbocycles. The fourth-order valence-electron chi connectivity index (χ4n) is 4.08. The normalized spacial score (nSPS) is 10.7. The van der Waals surface area contributed by atoms with Crippen molar-refractivity contribution in [2.45, 2.75) is 6.61 Å². The first-order valence-corrected chi connectivity index (χ1v) is 12.6. The van der Waals surface area contributed by atoms with E-state index in [1.807, 2.05) is 66.7 Å². The summed E-state index contributed by atoms with van der Waals surface area (Å²) in [5, 5.41) is 0. The third kappa shape index (κ3) is 6.74. The highest BCUT2D eigenvalue weighted by molar-refractivity contribution is 6.13. The van der Waals surface area contributed by atoms with Crippen molar-refractivity contribution in [3.63, 3.8) is 0 Å². The smallest absolute Gasteiger partial charge is 0.197 e. The molecule has 0 saturated carbocycles. The number of methoxy groups -OCH3 is 5. The standard InChI is InChI=1S/C33H32O7/c1-35-26-12-7-22(8-13-26)6-11-24-16-30(39-5)20-31(40-21-23-9-14-27(36-2)15-10-23)32(24)33(34)25-17-28(37-3)19-29(18-25)38-4/h6-20H,21H2,1-5H3/b11-6-. The van der Waals surface area contributed by atoms with Crippen LogP contribution in [0.1, 0.15) is 32.6 Å². The molecular formula is C33H32O7. The van der Waals surface area contributed by atoms with E-state index in [0.29, 0.717) is 39.7 Å². The van der Waals surface area contributed by atoms with Gasteiger partial charge in [0.05, 0.1) is 41.1 Å². The lowest BCUT2D eigenvalue weighted by molar-refractivity contribution is 0.103. The largest absolute Gasteiger partial charge is 0.497 e. The Labute approximate surface area is 234 Å². The summed E-state index contributed by atoms with van der Waals surface area (Å²) in [6.45, 7) is 0.237. The van der Waals surface area contributed by atoms with Gasteiger partial charge in [0, 0.05) is 17.7 Å². The molecule has 0 spiro atoms. The molecule has 0 aliphatic carbocycles. The Bertz CT molecular complexity index is 1450. The van der Waals surface area contributed by atoms with E-state index in [-0.39, 0.29) is 12.4 Å². The van der Waals surface area contributed by atoms with Crippen LogP contribution in [0.25, 0.3) is 12.2 Å². The van der Waals surface area contributed by atoms with Crippen LogP contribution in [0.15, 0.2) is 78.9 Å². The first kappa shape index (κ1) is 28.1. The number of benzene rings is 4. The van der Waals surface area contributed by atoms with E-state index in [0.717, 1.165) is 22.6 Å². The van der Waals surface area contributed by atoms with Crippen LogP contribution in [0.4, 0.5) is 0 Å². The summed E-state index contributed by atoms with van der Waals surface area (Å²) in [6, 6.07) is 23.8. The second kappa shape index (κ2) is 13.2. The van der Waals surface area contributed by atoms with Gasteiger partial charge in [-0.3, -0.25) is 4.79 Å². The number of rotatable bonds is 12. The topological polar surface area (TPSA) is 72.5 Å². The lowest BCUT2D eigenvalue weighted by atomic mass is 9.95. The molecule has 0 aromatic heterocycles. The zero-order valence-corrected chi connectivity index (χ0v) is 23.2. The van der Waals surface area contributed by atoms with Gasteiger partial charge in [-0.25, -0.2) is 0 Å². The summed E-state index contributed by atoms with van der Waals surface area (Å²) < 4.78 is 33.2. The van der Waals surface area contributed by atoms with E-state index in [9.17, 15) is 4.79 Å². The highest BCUT2D eigenvalue weighted by Crippen LogP contribution is 2.35. The molecule has 0 unspecified atom stereocenters. The predicted molar refractivity (Wildman–Crippen MR) is 155 cm³/mol. The SMILES string of the molecule is COc1ccc(/C=C\c2cc(OC)cc(OCc3ccc(OC)cc3)c2C(=O)c2cc(OC)cc(OC)c2)cc1. The van der Waals surface area contributed by atoms with E-state index in [1.165, 1.54) is 0 Å². The summed E-state index contributed by atoms with van der Waals surface area (Å²) in [6.07, 6.45) is 3.79. The van der Waals surface area contributed by atoms with Gasteiger partial charge in [0.2, 0.25) is 0 Å². The van der Waals surface area contributed by atoms with Crippen molar-refractivity contribution >= 4 is 17.9 Å². The van der Waals surface area contributed by atoms with Crippen molar-refractivity contribution in [1.29, 1.82) is 0 Å². The van der Waals surface area contributed by atoms with E-state index in [4.69, 9.17) is 28.4 Å². The molecule has 0 bridgehead atoms. The average molecular weight is 541 g/mol. The highest BCUT2D eigenvalue weighted by Gasteiger charge is 2.22.